The van der Waals surface area contributed by atoms with Crippen LogP contribution in [0.4, 0.5) is 4.79 Å². The molecule has 3 N–H and O–H groups in total. The van der Waals surface area contributed by atoms with Crippen molar-refractivity contribution < 1.29 is 19.4 Å². The molecule has 2 aromatic heterocycles. The lowest BCUT2D eigenvalue weighted by Gasteiger charge is -2.27. The maximum absolute atomic E-state index is 13.1. The smallest absolute Gasteiger partial charge is 0.322 e. The Bertz CT molecular complexity index is 1550. The van der Waals surface area contributed by atoms with Gasteiger partial charge in [-0.2, -0.15) is 5.10 Å². The van der Waals surface area contributed by atoms with Crippen molar-refractivity contribution in [3.63, 3.8) is 0 Å². The van der Waals surface area contributed by atoms with E-state index < -0.39 is 17.5 Å². The van der Waals surface area contributed by atoms with E-state index in [1.165, 1.54) is 0 Å². The molecular formula is C28H27N5O4. The Morgan fingerprint density at radius 2 is 1.89 bits per heavy atom. The van der Waals surface area contributed by atoms with E-state index in [4.69, 9.17) is 4.74 Å². The summed E-state index contributed by atoms with van der Waals surface area (Å²) in [5.74, 6) is 5.66. The number of carbonyl (C=O) groups excluding carboxylic acids is 2. The average Bonchev–Trinajstić information content (AvgIpc) is 3.57. The van der Waals surface area contributed by atoms with Crippen molar-refractivity contribution >= 4 is 22.7 Å². The van der Waals surface area contributed by atoms with Gasteiger partial charge < -0.3 is 19.7 Å². The van der Waals surface area contributed by atoms with Crippen LogP contribution in [0.1, 0.15) is 32.4 Å². The zero-order chi connectivity index (χ0) is 26.2. The SMILES string of the molecule is CC#CCOc1ccc2cn(C[C@@]3(c4ccc(-c5cnn(C(C)C)c5)cc4)NC(=O)NC3=O)c(O)c2c1. The number of aromatic nitrogens is 3. The summed E-state index contributed by atoms with van der Waals surface area (Å²) < 4.78 is 9.05. The van der Waals surface area contributed by atoms with Gasteiger partial charge in [-0.15, -0.1) is 5.92 Å². The minimum Gasteiger partial charge on any atom is -0.494 e. The van der Waals surface area contributed by atoms with Crippen LogP contribution in [0.3, 0.4) is 0 Å². The van der Waals surface area contributed by atoms with Gasteiger partial charge in [-0.3, -0.25) is 14.8 Å². The third-order valence-corrected chi connectivity index (χ3v) is 6.51. The first-order valence-electron chi connectivity index (χ1n) is 11.9. The van der Waals surface area contributed by atoms with E-state index in [-0.39, 0.29) is 25.1 Å². The summed E-state index contributed by atoms with van der Waals surface area (Å²) in [6, 6.07) is 12.4. The number of aromatic hydroxyl groups is 1. The first kappa shape index (κ1) is 24.0. The molecule has 1 saturated heterocycles. The molecule has 1 aliphatic rings. The molecule has 0 bridgehead atoms. The fourth-order valence-electron chi connectivity index (χ4n) is 4.50. The molecular weight excluding hydrogens is 470 g/mol. The van der Waals surface area contributed by atoms with Crippen LogP contribution in [-0.4, -0.2) is 38.0 Å². The Kier molecular flexibility index (Phi) is 6.09. The molecule has 1 fully saturated rings. The number of nitrogens with zero attached hydrogens (tertiary/aromatic N) is 3. The summed E-state index contributed by atoms with van der Waals surface area (Å²) in [6.45, 7) is 6.08. The summed E-state index contributed by atoms with van der Waals surface area (Å²) in [6.07, 6.45) is 5.51. The molecule has 3 heterocycles. The molecule has 2 aromatic carbocycles. The largest absolute Gasteiger partial charge is 0.494 e. The molecule has 0 aliphatic carbocycles. The van der Waals surface area contributed by atoms with Crippen molar-refractivity contribution in [2.24, 2.45) is 0 Å². The highest BCUT2D eigenvalue weighted by molar-refractivity contribution is 6.07. The number of imide groups is 1. The van der Waals surface area contributed by atoms with Gasteiger partial charge in [-0.1, -0.05) is 30.2 Å². The molecule has 0 radical (unpaired) electrons. The van der Waals surface area contributed by atoms with E-state index in [0.29, 0.717) is 16.7 Å². The summed E-state index contributed by atoms with van der Waals surface area (Å²) >= 11 is 0. The molecule has 9 heteroatoms. The van der Waals surface area contributed by atoms with E-state index in [9.17, 15) is 14.7 Å². The van der Waals surface area contributed by atoms with E-state index in [2.05, 4.69) is 41.4 Å². The van der Waals surface area contributed by atoms with Gasteiger partial charge in [-0.05, 0) is 50.1 Å². The number of ether oxygens (including phenoxy) is 1. The highest BCUT2D eigenvalue weighted by Gasteiger charge is 2.48. The number of fused-ring (bicyclic) bond motifs is 1. The Hall–Kier alpha value is -4.71. The molecule has 0 unspecified atom stereocenters. The van der Waals surface area contributed by atoms with Gasteiger partial charge in [0.1, 0.15) is 12.4 Å². The maximum atomic E-state index is 13.1. The number of benzene rings is 2. The fraction of sp³-hybridized carbons (Fsp3) is 0.250. The van der Waals surface area contributed by atoms with Crippen LogP contribution < -0.4 is 15.4 Å². The summed E-state index contributed by atoms with van der Waals surface area (Å²) in [4.78, 5) is 25.4. The second kappa shape index (κ2) is 9.39. The number of amides is 3. The molecule has 1 aliphatic heterocycles. The predicted octanol–water partition coefficient (Wildman–Crippen LogP) is 3.93. The van der Waals surface area contributed by atoms with Gasteiger partial charge in [0.25, 0.3) is 5.91 Å². The van der Waals surface area contributed by atoms with Crippen LogP contribution >= 0.6 is 0 Å². The lowest BCUT2D eigenvalue weighted by molar-refractivity contribution is -0.124. The van der Waals surface area contributed by atoms with Gasteiger partial charge in [0.2, 0.25) is 0 Å². The minimum absolute atomic E-state index is 0.00673. The number of nitrogens with one attached hydrogen (secondary N) is 2. The normalized spacial score (nSPS) is 17.0. The van der Waals surface area contributed by atoms with E-state index in [1.807, 2.05) is 41.2 Å². The van der Waals surface area contributed by atoms with Crippen molar-refractivity contribution in [2.45, 2.75) is 38.9 Å². The monoisotopic (exact) mass is 497 g/mol. The number of carbonyl (C=O) groups is 2. The van der Waals surface area contributed by atoms with E-state index in [1.54, 1.807) is 36.0 Å². The number of hydrogen-bond acceptors (Lipinski definition) is 5. The molecule has 1 atom stereocenters. The zero-order valence-electron chi connectivity index (χ0n) is 20.8. The second-order valence-electron chi connectivity index (χ2n) is 9.24. The van der Waals surface area contributed by atoms with Crippen molar-refractivity contribution in [1.29, 1.82) is 0 Å². The van der Waals surface area contributed by atoms with Crippen molar-refractivity contribution in [1.82, 2.24) is 25.0 Å². The average molecular weight is 498 g/mol. The van der Waals surface area contributed by atoms with Gasteiger partial charge in [0, 0.05) is 34.8 Å². The standard InChI is InChI=1S/C28H27N5O4/c1-4-5-12-37-23-11-8-20-15-32(25(34)24(20)13-23)17-28(26(35)30-27(36)31-28)22-9-6-19(7-10-22)21-14-29-33(16-21)18(2)3/h6-11,13-16,18,34H,12,17H2,1-3H3,(H2,30,31,35,36)/t28-/m0/s1. The number of urea groups is 1. The molecule has 188 valence electrons. The van der Waals surface area contributed by atoms with Crippen molar-refractivity contribution in [3.05, 3.63) is 66.6 Å². The first-order chi connectivity index (χ1) is 17.8. The third kappa shape index (κ3) is 4.38. The fourth-order valence-corrected chi connectivity index (χ4v) is 4.50. The maximum Gasteiger partial charge on any atom is 0.322 e. The highest BCUT2D eigenvalue weighted by Crippen LogP contribution is 2.35. The molecule has 37 heavy (non-hydrogen) atoms. The van der Waals surface area contributed by atoms with Gasteiger partial charge in [0.05, 0.1) is 12.7 Å². The molecule has 9 nitrogen and oxygen atoms in total. The van der Waals surface area contributed by atoms with Gasteiger partial charge >= 0.3 is 6.03 Å². The minimum atomic E-state index is -1.40. The first-order valence-corrected chi connectivity index (χ1v) is 11.9. The summed E-state index contributed by atoms with van der Waals surface area (Å²) in [5, 5.41) is 21.9. The van der Waals surface area contributed by atoms with E-state index in [0.717, 1.165) is 16.5 Å². The van der Waals surface area contributed by atoms with E-state index >= 15 is 0 Å². The Balaban J connectivity index is 1.49. The quantitative estimate of drug-likeness (QED) is 0.265. The zero-order valence-corrected chi connectivity index (χ0v) is 20.8. The van der Waals surface area contributed by atoms with Gasteiger partial charge in [-0.25, -0.2) is 4.79 Å². The Morgan fingerprint density at radius 1 is 1.11 bits per heavy atom. The van der Waals surface area contributed by atoms with Crippen molar-refractivity contribution in [3.8, 4) is 34.6 Å². The third-order valence-electron chi connectivity index (χ3n) is 6.51. The van der Waals surface area contributed by atoms with Crippen LogP contribution in [-0.2, 0) is 16.9 Å². The Labute approximate surface area is 214 Å². The van der Waals surface area contributed by atoms with Crippen molar-refractivity contribution in [2.75, 3.05) is 6.61 Å². The molecule has 0 saturated carbocycles. The van der Waals surface area contributed by atoms with Crippen LogP contribution in [0.5, 0.6) is 11.6 Å². The summed E-state index contributed by atoms with van der Waals surface area (Å²) in [5.41, 5.74) is 1.08. The lowest BCUT2D eigenvalue weighted by atomic mass is 9.88. The van der Waals surface area contributed by atoms with Gasteiger partial charge in [0.15, 0.2) is 11.4 Å². The Morgan fingerprint density at radius 3 is 2.54 bits per heavy atom. The topological polar surface area (TPSA) is 110 Å². The second-order valence-corrected chi connectivity index (χ2v) is 9.24. The molecule has 4 aromatic rings. The predicted molar refractivity (Wildman–Crippen MR) is 139 cm³/mol. The molecule has 0 spiro atoms. The molecule has 5 rings (SSSR count). The lowest BCUT2D eigenvalue weighted by Crippen LogP contribution is -2.47. The van der Waals surface area contributed by atoms with Crippen LogP contribution in [0.15, 0.2) is 61.1 Å². The molecule has 3 amide bonds. The van der Waals surface area contributed by atoms with Crippen LogP contribution in [0.2, 0.25) is 0 Å². The highest BCUT2D eigenvalue weighted by atomic mass is 16.5. The number of hydrogen-bond donors (Lipinski definition) is 3. The summed E-state index contributed by atoms with van der Waals surface area (Å²) in [7, 11) is 0. The van der Waals surface area contributed by atoms with Crippen LogP contribution in [0, 0.1) is 11.8 Å². The number of rotatable bonds is 7. The van der Waals surface area contributed by atoms with Crippen LogP contribution in [0.25, 0.3) is 21.9 Å².